The molecule has 0 saturated carbocycles. The Balaban J connectivity index is 1.30. The third-order valence-electron chi connectivity index (χ3n) is 4.65. The summed E-state index contributed by atoms with van der Waals surface area (Å²) in [6.07, 6.45) is 0. The summed E-state index contributed by atoms with van der Waals surface area (Å²) in [4.78, 5) is 0.144. The molecular weight excluding hydrogens is 496 g/mol. The van der Waals surface area contributed by atoms with Crippen molar-refractivity contribution in [1.29, 1.82) is 0 Å². The molecule has 0 unspecified atom stereocenters. The lowest BCUT2D eigenvalue weighted by Gasteiger charge is -2.11. The van der Waals surface area contributed by atoms with E-state index in [1.807, 2.05) is 0 Å². The van der Waals surface area contributed by atoms with Crippen molar-refractivity contribution in [1.82, 2.24) is 10.3 Å². The molecule has 0 saturated heterocycles. The summed E-state index contributed by atoms with van der Waals surface area (Å²) in [7, 11) is -7.59. The van der Waals surface area contributed by atoms with E-state index in [2.05, 4.69) is 30.4 Å². The van der Waals surface area contributed by atoms with Crippen LogP contribution in [0, 0.1) is 13.8 Å². The molecule has 0 atom stereocenters. The van der Waals surface area contributed by atoms with Crippen molar-refractivity contribution < 1.29 is 25.9 Å². The normalized spacial score (nSPS) is 11.7. The van der Waals surface area contributed by atoms with Crippen LogP contribution in [0.5, 0.6) is 0 Å². The second kappa shape index (κ2) is 9.68. The highest BCUT2D eigenvalue weighted by atomic mass is 32.2. The number of aromatic nitrogens is 2. The number of hydrogen-bond donors (Lipinski definition) is 4. The lowest BCUT2D eigenvalue weighted by atomic mass is 10.3. The van der Waals surface area contributed by atoms with Crippen LogP contribution in [-0.2, 0) is 20.0 Å². The zero-order chi connectivity index (χ0) is 25.1. The molecule has 2 aromatic heterocycles. The van der Waals surface area contributed by atoms with Crippen LogP contribution in [0.4, 0.5) is 23.0 Å². The van der Waals surface area contributed by atoms with Crippen molar-refractivity contribution in [3.05, 3.63) is 72.2 Å². The van der Waals surface area contributed by atoms with Gasteiger partial charge in [-0.2, -0.15) is 0 Å². The van der Waals surface area contributed by atoms with Crippen LogP contribution in [0.3, 0.4) is 0 Å². The van der Waals surface area contributed by atoms with Gasteiger partial charge >= 0.3 is 0 Å². The van der Waals surface area contributed by atoms with Crippen molar-refractivity contribution in [2.24, 2.45) is 0 Å². The fraction of sp³-hybridized carbons (Fsp3) is 0.143. The molecule has 0 bridgehead atoms. The number of sulfonamides is 2. The third kappa shape index (κ3) is 6.10. The van der Waals surface area contributed by atoms with E-state index in [0.29, 0.717) is 29.6 Å². The zero-order valence-corrected chi connectivity index (χ0v) is 20.3. The first kappa shape index (κ1) is 24.1. The van der Waals surface area contributed by atoms with Crippen molar-refractivity contribution in [2.75, 3.05) is 26.7 Å². The number of anilines is 4. The Kier molecular flexibility index (Phi) is 6.66. The van der Waals surface area contributed by atoms with Gasteiger partial charge < -0.3 is 19.7 Å². The van der Waals surface area contributed by atoms with E-state index in [4.69, 9.17) is 9.05 Å². The number of aryl methyl sites for hydroxylation is 2. The Morgan fingerprint density at radius 3 is 1.34 bits per heavy atom. The van der Waals surface area contributed by atoms with Crippen LogP contribution in [0.1, 0.15) is 11.5 Å². The smallest absolute Gasteiger partial charge is 0.263 e. The SMILES string of the molecule is Cc1cc(NS(=O)(=O)c2ccc(NCNc3ccc(S(=O)(=O)Nc4cc(C)on4)cc3)cc2)no1. The molecule has 0 amide bonds. The van der Waals surface area contributed by atoms with Gasteiger partial charge in [-0.25, -0.2) is 16.8 Å². The molecule has 35 heavy (non-hydrogen) atoms. The standard InChI is InChI=1S/C21H22N6O6S2/c1-14-11-20(24-32-14)26-34(28,29)18-7-3-16(4-8-18)22-13-23-17-5-9-19(10-6-17)35(30,31)27-21-12-15(2)33-25-21/h3-12,22-23H,13H2,1-2H3,(H,24,26)(H,25,27). The summed E-state index contributed by atoms with van der Waals surface area (Å²) in [6, 6.07) is 15.3. The molecule has 4 aromatic rings. The minimum Gasteiger partial charge on any atom is -0.368 e. The molecule has 0 aliphatic heterocycles. The highest BCUT2D eigenvalue weighted by molar-refractivity contribution is 7.93. The van der Waals surface area contributed by atoms with E-state index in [1.165, 1.54) is 36.4 Å². The molecule has 14 heteroatoms. The van der Waals surface area contributed by atoms with Gasteiger partial charge in [0.1, 0.15) is 11.5 Å². The molecule has 0 aliphatic rings. The molecule has 0 aliphatic carbocycles. The fourth-order valence-electron chi connectivity index (χ4n) is 2.97. The van der Waals surface area contributed by atoms with Gasteiger partial charge in [0.15, 0.2) is 11.6 Å². The molecule has 184 valence electrons. The van der Waals surface area contributed by atoms with E-state index in [0.717, 1.165) is 0 Å². The van der Waals surface area contributed by atoms with Crippen LogP contribution in [0.2, 0.25) is 0 Å². The summed E-state index contributed by atoms with van der Waals surface area (Å²) in [5.74, 6) is 1.20. The summed E-state index contributed by atoms with van der Waals surface area (Å²) in [6.45, 7) is 3.63. The van der Waals surface area contributed by atoms with Crippen LogP contribution >= 0.6 is 0 Å². The fourth-order valence-corrected chi connectivity index (χ4v) is 4.94. The van der Waals surface area contributed by atoms with Gasteiger partial charge in [-0.1, -0.05) is 10.3 Å². The highest BCUT2D eigenvalue weighted by Crippen LogP contribution is 2.20. The first-order chi connectivity index (χ1) is 16.6. The molecule has 2 aromatic carbocycles. The predicted octanol–water partition coefficient (Wildman–Crippen LogP) is 3.36. The lowest BCUT2D eigenvalue weighted by molar-refractivity contribution is 0.400. The van der Waals surface area contributed by atoms with Gasteiger partial charge in [0.25, 0.3) is 20.0 Å². The Bertz CT molecular complexity index is 1400. The monoisotopic (exact) mass is 518 g/mol. The van der Waals surface area contributed by atoms with Crippen LogP contribution in [0.15, 0.2) is 79.5 Å². The predicted molar refractivity (Wildman–Crippen MR) is 129 cm³/mol. The molecule has 12 nitrogen and oxygen atoms in total. The van der Waals surface area contributed by atoms with Crippen molar-refractivity contribution >= 4 is 43.1 Å². The molecular formula is C21H22N6O6S2. The van der Waals surface area contributed by atoms with E-state index < -0.39 is 20.0 Å². The van der Waals surface area contributed by atoms with E-state index >= 15 is 0 Å². The molecule has 0 radical (unpaired) electrons. The number of hydrogen-bond acceptors (Lipinski definition) is 10. The Labute approximate surface area is 201 Å². The topological polar surface area (TPSA) is 168 Å². The first-order valence-electron chi connectivity index (χ1n) is 10.2. The molecule has 0 fully saturated rings. The summed E-state index contributed by atoms with van der Waals surface area (Å²) in [5, 5.41) is 13.4. The molecule has 2 heterocycles. The number of rotatable bonds is 10. The maximum absolute atomic E-state index is 12.4. The molecule has 4 rings (SSSR count). The van der Waals surface area contributed by atoms with Gasteiger partial charge in [-0.3, -0.25) is 9.44 Å². The quantitative estimate of drug-likeness (QED) is 0.228. The van der Waals surface area contributed by atoms with E-state index in [9.17, 15) is 16.8 Å². The summed E-state index contributed by atoms with van der Waals surface area (Å²) >= 11 is 0. The van der Waals surface area contributed by atoms with Crippen molar-refractivity contribution in [2.45, 2.75) is 23.6 Å². The minimum atomic E-state index is -3.79. The Morgan fingerprint density at radius 2 is 1.03 bits per heavy atom. The average molecular weight is 519 g/mol. The van der Waals surface area contributed by atoms with Gasteiger partial charge in [0, 0.05) is 23.5 Å². The first-order valence-corrected chi connectivity index (χ1v) is 13.2. The maximum Gasteiger partial charge on any atom is 0.263 e. The van der Waals surface area contributed by atoms with Crippen LogP contribution < -0.4 is 20.1 Å². The summed E-state index contributed by atoms with van der Waals surface area (Å²) < 4.78 is 64.2. The van der Waals surface area contributed by atoms with E-state index in [1.54, 1.807) is 38.1 Å². The van der Waals surface area contributed by atoms with Crippen LogP contribution in [-0.4, -0.2) is 33.8 Å². The molecule has 4 N–H and O–H groups in total. The lowest BCUT2D eigenvalue weighted by Crippen LogP contribution is -2.15. The second-order valence-electron chi connectivity index (χ2n) is 7.44. The third-order valence-corrected chi connectivity index (χ3v) is 7.39. The molecule has 0 spiro atoms. The average Bonchev–Trinajstić information content (AvgIpc) is 3.40. The number of nitrogens with one attached hydrogen (secondary N) is 4. The maximum atomic E-state index is 12.4. The van der Waals surface area contributed by atoms with Gasteiger partial charge in [-0.15, -0.1) is 0 Å². The van der Waals surface area contributed by atoms with Crippen LogP contribution in [0.25, 0.3) is 0 Å². The Morgan fingerprint density at radius 1 is 0.657 bits per heavy atom. The highest BCUT2D eigenvalue weighted by Gasteiger charge is 2.17. The van der Waals surface area contributed by atoms with Crippen molar-refractivity contribution in [3.8, 4) is 0 Å². The minimum absolute atomic E-state index is 0.0721. The number of benzene rings is 2. The Hall–Kier alpha value is -4.04. The second-order valence-corrected chi connectivity index (χ2v) is 10.8. The largest absolute Gasteiger partial charge is 0.368 e. The summed E-state index contributed by atoms with van der Waals surface area (Å²) in [5.41, 5.74) is 1.36. The van der Waals surface area contributed by atoms with Gasteiger partial charge in [0.2, 0.25) is 0 Å². The van der Waals surface area contributed by atoms with Gasteiger partial charge in [0.05, 0.1) is 16.5 Å². The number of nitrogens with zero attached hydrogens (tertiary/aromatic N) is 2. The van der Waals surface area contributed by atoms with Gasteiger partial charge in [-0.05, 0) is 62.4 Å². The zero-order valence-electron chi connectivity index (χ0n) is 18.6. The van der Waals surface area contributed by atoms with Crippen molar-refractivity contribution in [3.63, 3.8) is 0 Å². The van der Waals surface area contributed by atoms with E-state index in [-0.39, 0.29) is 21.4 Å².